The highest BCUT2D eigenvalue weighted by Crippen LogP contribution is 2.07. The molecule has 0 aromatic rings. The topological polar surface area (TPSA) is 145 Å². The molecule has 140 valence electrons. The monoisotopic (exact) mass is 358 g/mol. The second-order valence-electron chi connectivity index (χ2n) is 6.23. The largest absolute Gasteiger partial charge is 0.480 e. The van der Waals surface area contributed by atoms with Crippen LogP contribution >= 0.6 is 0 Å². The van der Waals surface area contributed by atoms with Crippen molar-refractivity contribution in [3.8, 4) is 0 Å². The quantitative estimate of drug-likeness (QED) is 0.533. The summed E-state index contributed by atoms with van der Waals surface area (Å²) in [6, 6.07) is -0.938. The first-order valence-corrected chi connectivity index (χ1v) is 7.58. The Balaban J connectivity index is 2.45. The predicted molar refractivity (Wildman–Crippen MR) is 83.6 cm³/mol. The Labute approximate surface area is 144 Å². The van der Waals surface area contributed by atoms with Crippen LogP contribution in [0.3, 0.4) is 0 Å². The van der Waals surface area contributed by atoms with Crippen LogP contribution in [0.4, 0.5) is 9.59 Å². The molecule has 0 aromatic heterocycles. The van der Waals surface area contributed by atoms with E-state index in [0.29, 0.717) is 4.90 Å². The molecule has 0 saturated carbocycles. The Kier molecular flexibility index (Phi) is 6.71. The van der Waals surface area contributed by atoms with E-state index in [1.807, 2.05) is 5.32 Å². The Morgan fingerprint density at radius 1 is 1.12 bits per heavy atom. The summed E-state index contributed by atoms with van der Waals surface area (Å²) in [5.74, 6) is -3.21. The highest BCUT2D eigenvalue weighted by atomic mass is 16.6. The van der Waals surface area contributed by atoms with Crippen molar-refractivity contribution < 1.29 is 33.8 Å². The van der Waals surface area contributed by atoms with Crippen LogP contribution in [0.25, 0.3) is 0 Å². The molecule has 5 amide bonds. The minimum absolute atomic E-state index is 0.0670. The maximum Gasteiger partial charge on any atom is 0.407 e. The maximum atomic E-state index is 12.0. The van der Waals surface area contributed by atoms with Gasteiger partial charge in [-0.15, -0.1) is 0 Å². The Bertz CT molecular complexity index is 570. The molecule has 1 heterocycles. The standard InChI is InChI=1S/C14H22N4O7/c1-14(2,3)25-13(24)15-4-5-17-6-7-18(11(22)10(17)21)12(23)16-8-9(19)20/h4-8H2,1-3H3,(H,15,24)(H,16,23)(H,19,20). The van der Waals surface area contributed by atoms with Gasteiger partial charge in [0.15, 0.2) is 0 Å². The van der Waals surface area contributed by atoms with Gasteiger partial charge in [-0.2, -0.15) is 0 Å². The zero-order chi connectivity index (χ0) is 19.2. The molecule has 0 bridgehead atoms. The summed E-state index contributed by atoms with van der Waals surface area (Å²) < 4.78 is 5.04. The van der Waals surface area contributed by atoms with Crippen molar-refractivity contribution in [3.63, 3.8) is 0 Å². The first kappa shape index (κ1) is 20.2. The zero-order valence-corrected chi connectivity index (χ0v) is 14.3. The number of carbonyl (C=O) groups is 5. The minimum atomic E-state index is -1.26. The number of imide groups is 1. The Hall–Kier alpha value is -2.85. The van der Waals surface area contributed by atoms with E-state index in [4.69, 9.17) is 9.84 Å². The van der Waals surface area contributed by atoms with Crippen molar-refractivity contribution in [2.45, 2.75) is 26.4 Å². The van der Waals surface area contributed by atoms with Gasteiger partial charge in [0.05, 0.1) is 0 Å². The van der Waals surface area contributed by atoms with Gasteiger partial charge < -0.3 is 25.4 Å². The summed E-state index contributed by atoms with van der Waals surface area (Å²) in [5.41, 5.74) is -0.648. The number of urea groups is 1. The number of piperazine rings is 1. The average molecular weight is 358 g/mol. The van der Waals surface area contributed by atoms with Gasteiger partial charge in [-0.05, 0) is 20.8 Å². The SMILES string of the molecule is CC(C)(C)OC(=O)NCCN1CCN(C(=O)NCC(=O)O)C(=O)C1=O. The number of hydrogen-bond donors (Lipinski definition) is 3. The lowest BCUT2D eigenvalue weighted by atomic mass is 10.2. The van der Waals surface area contributed by atoms with Crippen LogP contribution in [-0.4, -0.2) is 83.1 Å². The molecule has 0 radical (unpaired) electrons. The molecular weight excluding hydrogens is 336 g/mol. The van der Waals surface area contributed by atoms with Gasteiger partial charge in [0, 0.05) is 26.2 Å². The number of carbonyl (C=O) groups excluding carboxylic acids is 4. The van der Waals surface area contributed by atoms with Crippen molar-refractivity contribution in [2.24, 2.45) is 0 Å². The third-order valence-corrected chi connectivity index (χ3v) is 2.99. The third-order valence-electron chi connectivity index (χ3n) is 2.99. The normalized spacial score (nSPS) is 15.0. The fourth-order valence-electron chi connectivity index (χ4n) is 1.94. The van der Waals surface area contributed by atoms with Gasteiger partial charge >= 0.3 is 29.9 Å². The predicted octanol–water partition coefficient (Wildman–Crippen LogP) is -1.02. The fraction of sp³-hybridized carbons (Fsp3) is 0.643. The van der Waals surface area contributed by atoms with Crippen molar-refractivity contribution in [1.29, 1.82) is 0 Å². The zero-order valence-electron chi connectivity index (χ0n) is 14.3. The van der Waals surface area contributed by atoms with Gasteiger partial charge in [-0.1, -0.05) is 0 Å². The summed E-state index contributed by atoms with van der Waals surface area (Å²) in [6.45, 7) is 4.66. The molecule has 0 spiro atoms. The summed E-state index contributed by atoms with van der Waals surface area (Å²) in [7, 11) is 0. The summed E-state index contributed by atoms with van der Waals surface area (Å²) in [4.78, 5) is 59.3. The van der Waals surface area contributed by atoms with Gasteiger partial charge in [0.1, 0.15) is 12.1 Å². The number of ether oxygens (including phenoxy) is 1. The van der Waals surface area contributed by atoms with Gasteiger partial charge in [-0.3, -0.25) is 19.3 Å². The van der Waals surface area contributed by atoms with Gasteiger partial charge in [0.2, 0.25) is 0 Å². The van der Waals surface area contributed by atoms with E-state index in [-0.39, 0.29) is 26.2 Å². The number of carboxylic acids is 1. The van der Waals surface area contributed by atoms with Crippen molar-refractivity contribution in [2.75, 3.05) is 32.7 Å². The first-order chi connectivity index (χ1) is 11.5. The Morgan fingerprint density at radius 3 is 2.32 bits per heavy atom. The van der Waals surface area contributed by atoms with Crippen LogP contribution in [0.15, 0.2) is 0 Å². The molecular formula is C14H22N4O7. The number of amides is 5. The lowest BCUT2D eigenvalue weighted by Gasteiger charge is -2.32. The summed E-state index contributed by atoms with van der Waals surface area (Å²) in [6.07, 6.45) is -0.641. The molecule has 11 nitrogen and oxygen atoms in total. The van der Waals surface area contributed by atoms with Crippen molar-refractivity contribution in [3.05, 3.63) is 0 Å². The Morgan fingerprint density at radius 2 is 1.76 bits per heavy atom. The first-order valence-electron chi connectivity index (χ1n) is 7.58. The number of alkyl carbamates (subject to hydrolysis) is 1. The number of nitrogens with zero attached hydrogens (tertiary/aromatic N) is 2. The van der Waals surface area contributed by atoms with Crippen LogP contribution in [0.2, 0.25) is 0 Å². The van der Waals surface area contributed by atoms with E-state index >= 15 is 0 Å². The van der Waals surface area contributed by atoms with Gasteiger partial charge in [-0.25, -0.2) is 9.59 Å². The van der Waals surface area contributed by atoms with Crippen LogP contribution < -0.4 is 10.6 Å². The average Bonchev–Trinajstić information content (AvgIpc) is 2.47. The second kappa shape index (κ2) is 8.31. The lowest BCUT2D eigenvalue weighted by Crippen LogP contribution is -2.59. The van der Waals surface area contributed by atoms with E-state index < -0.39 is 42.1 Å². The molecule has 0 atom stereocenters. The molecule has 25 heavy (non-hydrogen) atoms. The van der Waals surface area contributed by atoms with E-state index in [2.05, 4.69) is 5.32 Å². The molecule has 1 aliphatic heterocycles. The van der Waals surface area contributed by atoms with Crippen LogP contribution in [-0.2, 0) is 19.1 Å². The van der Waals surface area contributed by atoms with Crippen LogP contribution in [0.5, 0.6) is 0 Å². The molecule has 1 rings (SSSR count). The maximum absolute atomic E-state index is 12.0. The highest BCUT2D eigenvalue weighted by Gasteiger charge is 2.36. The number of carboxylic acid groups (broad SMARTS) is 1. The summed E-state index contributed by atoms with van der Waals surface area (Å²) in [5, 5.41) is 13.0. The number of hydrogen-bond acceptors (Lipinski definition) is 6. The highest BCUT2D eigenvalue weighted by molar-refractivity contribution is 6.38. The van der Waals surface area contributed by atoms with E-state index in [9.17, 15) is 24.0 Å². The number of rotatable bonds is 5. The van der Waals surface area contributed by atoms with E-state index in [1.54, 1.807) is 20.8 Å². The second-order valence-corrected chi connectivity index (χ2v) is 6.23. The number of aliphatic carboxylic acids is 1. The number of nitrogens with one attached hydrogen (secondary N) is 2. The lowest BCUT2D eigenvalue weighted by molar-refractivity contribution is -0.153. The van der Waals surface area contributed by atoms with Crippen molar-refractivity contribution >= 4 is 29.9 Å². The third kappa shape index (κ3) is 6.65. The van der Waals surface area contributed by atoms with Gasteiger partial charge in [0.25, 0.3) is 0 Å². The van der Waals surface area contributed by atoms with E-state index in [1.165, 1.54) is 4.90 Å². The molecule has 1 fully saturated rings. The molecule has 0 aromatic carbocycles. The van der Waals surface area contributed by atoms with E-state index in [0.717, 1.165) is 0 Å². The smallest absolute Gasteiger partial charge is 0.407 e. The van der Waals surface area contributed by atoms with Crippen molar-refractivity contribution in [1.82, 2.24) is 20.4 Å². The molecule has 0 aliphatic carbocycles. The molecule has 1 saturated heterocycles. The van der Waals surface area contributed by atoms with Crippen LogP contribution in [0, 0.1) is 0 Å². The fourth-order valence-corrected chi connectivity index (χ4v) is 1.94. The molecule has 1 aliphatic rings. The minimum Gasteiger partial charge on any atom is -0.480 e. The summed E-state index contributed by atoms with van der Waals surface area (Å²) >= 11 is 0. The molecule has 11 heteroatoms. The molecule has 3 N–H and O–H groups in total. The van der Waals surface area contributed by atoms with Crippen LogP contribution in [0.1, 0.15) is 20.8 Å². The molecule has 0 unspecified atom stereocenters.